The molecule has 0 aromatic carbocycles. The maximum atomic E-state index is 12.0. The van der Waals surface area contributed by atoms with Crippen LogP contribution in [0.15, 0.2) is 11.4 Å². The number of amides is 1. The molecule has 3 heterocycles. The van der Waals surface area contributed by atoms with Crippen LogP contribution in [0, 0.1) is 13.8 Å². The lowest BCUT2D eigenvalue weighted by Crippen LogP contribution is -2.35. The molecular weight excluding hydrogens is 324 g/mol. The van der Waals surface area contributed by atoms with E-state index in [2.05, 4.69) is 25.6 Å². The first-order valence-electron chi connectivity index (χ1n) is 8.02. The summed E-state index contributed by atoms with van der Waals surface area (Å²) in [6, 6.07) is 1.92. The normalized spacial score (nSPS) is 17.3. The van der Waals surface area contributed by atoms with Gasteiger partial charge in [0.2, 0.25) is 5.91 Å². The Balaban J connectivity index is 1.73. The lowest BCUT2D eigenvalue weighted by molar-refractivity contribution is -0.129. The van der Waals surface area contributed by atoms with Crippen molar-refractivity contribution >= 4 is 28.2 Å². The van der Waals surface area contributed by atoms with Gasteiger partial charge < -0.3 is 15.5 Å². The second-order valence-electron chi connectivity index (χ2n) is 6.03. The van der Waals surface area contributed by atoms with Gasteiger partial charge in [-0.05, 0) is 27.3 Å². The summed E-state index contributed by atoms with van der Waals surface area (Å²) in [5.74, 6) is 1.87. The monoisotopic (exact) mass is 346 g/mol. The van der Waals surface area contributed by atoms with Crippen LogP contribution in [0.1, 0.15) is 29.6 Å². The van der Waals surface area contributed by atoms with Gasteiger partial charge in [-0.15, -0.1) is 11.3 Å². The Morgan fingerprint density at radius 3 is 2.88 bits per heavy atom. The van der Waals surface area contributed by atoms with E-state index in [0.29, 0.717) is 13.1 Å². The Kier molecular flexibility index (Phi) is 5.06. The van der Waals surface area contributed by atoms with Crippen LogP contribution in [0.3, 0.4) is 0 Å². The fourth-order valence-electron chi connectivity index (χ4n) is 2.82. The highest BCUT2D eigenvalue weighted by Gasteiger charge is 2.29. The van der Waals surface area contributed by atoms with E-state index in [4.69, 9.17) is 0 Å². The van der Waals surface area contributed by atoms with Gasteiger partial charge in [-0.3, -0.25) is 4.79 Å². The van der Waals surface area contributed by atoms with Crippen LogP contribution in [0.5, 0.6) is 0 Å². The summed E-state index contributed by atoms with van der Waals surface area (Å²) in [6.07, 6.45) is 0.898. The third kappa shape index (κ3) is 3.88. The molecule has 1 aliphatic heterocycles. The van der Waals surface area contributed by atoms with Gasteiger partial charge in [-0.25, -0.2) is 15.0 Å². The van der Waals surface area contributed by atoms with Crippen molar-refractivity contribution in [3.63, 3.8) is 0 Å². The number of thiazole rings is 1. The predicted octanol–water partition coefficient (Wildman–Crippen LogP) is 1.83. The summed E-state index contributed by atoms with van der Waals surface area (Å²) in [5, 5.41) is 8.98. The number of aromatic nitrogens is 3. The highest BCUT2D eigenvalue weighted by atomic mass is 32.1. The van der Waals surface area contributed by atoms with Gasteiger partial charge in [0.25, 0.3) is 0 Å². The Hall–Kier alpha value is -2.06. The third-order valence-electron chi connectivity index (χ3n) is 3.96. The van der Waals surface area contributed by atoms with Gasteiger partial charge in [0.15, 0.2) is 5.13 Å². The number of anilines is 2. The molecule has 0 aliphatic carbocycles. The molecule has 0 bridgehead atoms. The summed E-state index contributed by atoms with van der Waals surface area (Å²) >= 11 is 1.56. The molecule has 1 aliphatic rings. The average Bonchev–Trinajstić information content (AvgIpc) is 3.16. The molecule has 0 radical (unpaired) electrons. The van der Waals surface area contributed by atoms with Gasteiger partial charge >= 0.3 is 0 Å². The highest BCUT2D eigenvalue weighted by molar-refractivity contribution is 7.13. The van der Waals surface area contributed by atoms with Gasteiger partial charge in [0.05, 0.1) is 12.2 Å². The zero-order chi connectivity index (χ0) is 17.1. The molecule has 0 spiro atoms. The molecule has 8 heteroatoms. The van der Waals surface area contributed by atoms with Crippen molar-refractivity contribution in [3.05, 3.63) is 28.7 Å². The molecule has 7 nitrogen and oxygen atoms in total. The van der Waals surface area contributed by atoms with E-state index in [9.17, 15) is 4.79 Å². The van der Waals surface area contributed by atoms with E-state index < -0.39 is 0 Å². The molecule has 1 fully saturated rings. The first-order chi connectivity index (χ1) is 11.5. The van der Waals surface area contributed by atoms with Crippen LogP contribution in [0.2, 0.25) is 0 Å². The van der Waals surface area contributed by atoms with E-state index in [1.54, 1.807) is 18.4 Å². The minimum Gasteiger partial charge on any atom is -0.341 e. The molecule has 1 saturated heterocycles. The van der Waals surface area contributed by atoms with Crippen LogP contribution in [0.25, 0.3) is 0 Å². The van der Waals surface area contributed by atoms with E-state index in [1.165, 1.54) is 0 Å². The zero-order valence-electron chi connectivity index (χ0n) is 14.2. The summed E-state index contributed by atoms with van der Waals surface area (Å²) in [7, 11) is 1.79. The van der Waals surface area contributed by atoms with Crippen LogP contribution < -0.4 is 10.6 Å². The average molecular weight is 346 g/mol. The summed E-state index contributed by atoms with van der Waals surface area (Å²) in [4.78, 5) is 27.5. The summed E-state index contributed by atoms with van der Waals surface area (Å²) in [5.41, 5.74) is 1.90. The number of rotatable bonds is 5. The molecule has 128 valence electrons. The minimum absolute atomic E-state index is 0.129. The fraction of sp³-hybridized carbons (Fsp3) is 0.500. The standard InChI is InChI=1S/C16H22N6OS/c1-10-6-13(21-16-19-11(2)9-24-16)20-15(18-10)12-4-5-22(8-12)14(23)7-17-3/h6,9,12,17H,4-5,7-8H2,1-3H3,(H,18,19,20,21). The number of nitrogens with zero attached hydrogens (tertiary/aromatic N) is 4. The molecule has 3 rings (SSSR count). The molecule has 1 atom stereocenters. The Morgan fingerprint density at radius 2 is 2.17 bits per heavy atom. The Labute approximate surface area is 145 Å². The molecule has 2 aromatic heterocycles. The molecule has 1 amide bonds. The van der Waals surface area contributed by atoms with Gasteiger partial charge in [-0.1, -0.05) is 0 Å². The number of aryl methyl sites for hydroxylation is 2. The third-order valence-corrected chi connectivity index (χ3v) is 4.84. The molecular formula is C16H22N6OS. The van der Waals surface area contributed by atoms with Crippen molar-refractivity contribution in [2.45, 2.75) is 26.2 Å². The summed E-state index contributed by atoms with van der Waals surface area (Å²) < 4.78 is 0. The molecule has 24 heavy (non-hydrogen) atoms. The van der Waals surface area contributed by atoms with Crippen molar-refractivity contribution in [3.8, 4) is 0 Å². The molecule has 0 saturated carbocycles. The van der Waals surface area contributed by atoms with Crippen LogP contribution >= 0.6 is 11.3 Å². The highest BCUT2D eigenvalue weighted by Crippen LogP contribution is 2.27. The number of nitrogens with one attached hydrogen (secondary N) is 2. The van der Waals surface area contributed by atoms with Crippen molar-refractivity contribution < 1.29 is 4.79 Å². The van der Waals surface area contributed by atoms with Crippen molar-refractivity contribution in [2.75, 3.05) is 32.0 Å². The van der Waals surface area contributed by atoms with Crippen LogP contribution in [-0.4, -0.2) is 52.4 Å². The van der Waals surface area contributed by atoms with Crippen molar-refractivity contribution in [1.29, 1.82) is 0 Å². The lowest BCUT2D eigenvalue weighted by Gasteiger charge is -2.16. The summed E-state index contributed by atoms with van der Waals surface area (Å²) in [6.45, 7) is 5.74. The van der Waals surface area contributed by atoms with Gasteiger partial charge in [-0.2, -0.15) is 0 Å². The zero-order valence-corrected chi connectivity index (χ0v) is 15.0. The van der Waals surface area contributed by atoms with Gasteiger partial charge in [0.1, 0.15) is 11.6 Å². The van der Waals surface area contributed by atoms with Crippen LogP contribution in [0.4, 0.5) is 10.9 Å². The fourth-order valence-corrected chi connectivity index (χ4v) is 3.51. The maximum Gasteiger partial charge on any atom is 0.236 e. The SMILES string of the molecule is CNCC(=O)N1CCC(c2nc(C)cc(Nc3nc(C)cs3)n2)C1. The molecule has 2 N–H and O–H groups in total. The van der Waals surface area contributed by atoms with Crippen LogP contribution in [-0.2, 0) is 4.79 Å². The first-order valence-corrected chi connectivity index (χ1v) is 8.90. The van der Waals surface area contributed by atoms with Crippen molar-refractivity contribution in [1.82, 2.24) is 25.2 Å². The van der Waals surface area contributed by atoms with E-state index in [0.717, 1.165) is 41.1 Å². The number of carbonyl (C=O) groups is 1. The van der Waals surface area contributed by atoms with E-state index in [-0.39, 0.29) is 11.8 Å². The number of hydrogen-bond donors (Lipinski definition) is 2. The Morgan fingerprint density at radius 1 is 1.33 bits per heavy atom. The van der Waals surface area contributed by atoms with E-state index >= 15 is 0 Å². The maximum absolute atomic E-state index is 12.0. The smallest absolute Gasteiger partial charge is 0.236 e. The first kappa shape index (κ1) is 16.8. The van der Waals surface area contributed by atoms with Crippen molar-refractivity contribution in [2.24, 2.45) is 0 Å². The largest absolute Gasteiger partial charge is 0.341 e. The quantitative estimate of drug-likeness (QED) is 0.859. The topological polar surface area (TPSA) is 83.0 Å². The number of likely N-dealkylation sites (N-methyl/N-ethyl adjacent to an activating group) is 1. The molecule has 1 unspecified atom stereocenters. The Bertz CT molecular complexity index is 731. The number of hydrogen-bond acceptors (Lipinski definition) is 7. The predicted molar refractivity (Wildman–Crippen MR) is 94.8 cm³/mol. The second-order valence-corrected chi connectivity index (χ2v) is 6.89. The van der Waals surface area contributed by atoms with E-state index in [1.807, 2.05) is 30.2 Å². The number of carbonyl (C=O) groups excluding carboxylic acids is 1. The lowest BCUT2D eigenvalue weighted by atomic mass is 10.1. The van der Waals surface area contributed by atoms with Gasteiger partial charge in [0, 0.05) is 36.1 Å². The molecule has 2 aromatic rings. The second kappa shape index (κ2) is 7.23. The number of likely N-dealkylation sites (tertiary alicyclic amines) is 1. The minimum atomic E-state index is 0.129.